The number of hydrogen-bond donors (Lipinski definition) is 2. The van der Waals surface area contributed by atoms with Gasteiger partial charge in [-0.15, -0.1) is 0 Å². The number of nitrogens with zero attached hydrogens (tertiary/aromatic N) is 1. The van der Waals surface area contributed by atoms with Crippen LogP contribution < -0.4 is 10.1 Å². The maximum atomic E-state index is 12.3. The van der Waals surface area contributed by atoms with Crippen LogP contribution in [0.1, 0.15) is 21.7 Å². The summed E-state index contributed by atoms with van der Waals surface area (Å²) in [6.45, 7) is 3.80. The number of aryl methyl sites for hydroxylation is 2. The van der Waals surface area contributed by atoms with Gasteiger partial charge in [0.2, 0.25) is 0 Å². The summed E-state index contributed by atoms with van der Waals surface area (Å²) in [4.78, 5) is 19.8. The number of aromatic amines is 1. The Morgan fingerprint density at radius 3 is 2.81 bits per heavy atom. The van der Waals surface area contributed by atoms with Gasteiger partial charge in [-0.25, -0.2) is 4.98 Å². The predicted molar refractivity (Wildman–Crippen MR) is 84.4 cm³/mol. The first-order chi connectivity index (χ1) is 10.1. The monoisotopic (exact) mass is 301 g/mol. The van der Waals surface area contributed by atoms with E-state index < -0.39 is 0 Å². The molecule has 2 aromatic heterocycles. The highest BCUT2D eigenvalue weighted by Crippen LogP contribution is 2.29. The zero-order valence-electron chi connectivity index (χ0n) is 12.0. The van der Waals surface area contributed by atoms with Crippen molar-refractivity contribution in [3.8, 4) is 5.75 Å². The number of carbonyl (C=O) groups excluding carboxylic acids is 1. The Morgan fingerprint density at radius 2 is 2.14 bits per heavy atom. The van der Waals surface area contributed by atoms with Gasteiger partial charge >= 0.3 is 0 Å². The lowest BCUT2D eigenvalue weighted by Crippen LogP contribution is -2.11. The first-order valence-electron chi connectivity index (χ1n) is 6.49. The molecule has 2 heterocycles. The van der Waals surface area contributed by atoms with Crippen LogP contribution in [0, 0.1) is 13.8 Å². The zero-order chi connectivity index (χ0) is 15.0. The molecule has 0 spiro atoms. The number of H-pyrrole nitrogens is 1. The molecule has 0 aliphatic carbocycles. The molecule has 5 nitrogen and oxygen atoms in total. The quantitative estimate of drug-likeness (QED) is 0.778. The lowest BCUT2D eigenvalue weighted by atomic mass is 10.2. The summed E-state index contributed by atoms with van der Waals surface area (Å²) in [7, 11) is 1.63. The summed E-state index contributed by atoms with van der Waals surface area (Å²) in [5.41, 5.74) is 3.31. The number of methoxy groups -OCH3 is 1. The van der Waals surface area contributed by atoms with E-state index in [1.165, 1.54) is 11.3 Å². The third kappa shape index (κ3) is 2.62. The molecule has 0 radical (unpaired) electrons. The number of amides is 1. The van der Waals surface area contributed by atoms with E-state index in [2.05, 4.69) is 15.3 Å². The number of aromatic nitrogens is 2. The van der Waals surface area contributed by atoms with Crippen molar-refractivity contribution < 1.29 is 9.53 Å². The molecule has 0 aliphatic heterocycles. The van der Waals surface area contributed by atoms with Crippen molar-refractivity contribution in [2.45, 2.75) is 13.8 Å². The van der Waals surface area contributed by atoms with Crippen molar-refractivity contribution in [3.63, 3.8) is 0 Å². The number of nitrogens with one attached hydrogen (secondary N) is 2. The molecule has 1 aromatic carbocycles. The molecule has 0 fully saturated rings. The highest BCUT2D eigenvalue weighted by molar-refractivity contribution is 7.22. The second kappa shape index (κ2) is 5.21. The van der Waals surface area contributed by atoms with Crippen molar-refractivity contribution in [1.29, 1.82) is 0 Å². The minimum atomic E-state index is -0.150. The Kier molecular flexibility index (Phi) is 3.39. The van der Waals surface area contributed by atoms with Crippen LogP contribution in [0.3, 0.4) is 0 Å². The maximum Gasteiger partial charge on any atom is 0.259 e. The molecule has 1 amide bonds. The summed E-state index contributed by atoms with van der Waals surface area (Å²) in [5, 5.41) is 3.43. The first kappa shape index (κ1) is 13.6. The van der Waals surface area contributed by atoms with E-state index >= 15 is 0 Å². The van der Waals surface area contributed by atoms with E-state index in [0.717, 1.165) is 27.4 Å². The number of carbonyl (C=O) groups is 1. The van der Waals surface area contributed by atoms with Crippen molar-refractivity contribution >= 4 is 32.6 Å². The summed E-state index contributed by atoms with van der Waals surface area (Å²) < 4.78 is 6.17. The van der Waals surface area contributed by atoms with Crippen molar-refractivity contribution in [2.24, 2.45) is 0 Å². The molecule has 6 heteroatoms. The van der Waals surface area contributed by atoms with Gasteiger partial charge in [0.25, 0.3) is 5.91 Å². The van der Waals surface area contributed by atoms with Crippen molar-refractivity contribution in [3.05, 3.63) is 41.2 Å². The first-order valence-corrected chi connectivity index (χ1v) is 7.30. The van der Waals surface area contributed by atoms with E-state index in [4.69, 9.17) is 4.74 Å². The molecule has 21 heavy (non-hydrogen) atoms. The Morgan fingerprint density at radius 1 is 1.33 bits per heavy atom. The summed E-state index contributed by atoms with van der Waals surface area (Å²) in [6.07, 6.45) is 0. The smallest absolute Gasteiger partial charge is 0.259 e. The SMILES string of the molecule is COc1ccc2nc(NC(=O)c3cc(C)[nH]c3C)sc2c1. The molecule has 0 saturated carbocycles. The number of ether oxygens (including phenoxy) is 1. The highest BCUT2D eigenvalue weighted by Gasteiger charge is 2.14. The fourth-order valence-corrected chi connectivity index (χ4v) is 3.10. The zero-order valence-corrected chi connectivity index (χ0v) is 12.8. The van der Waals surface area contributed by atoms with Gasteiger partial charge in [0.05, 0.1) is 22.9 Å². The number of rotatable bonds is 3. The van der Waals surface area contributed by atoms with Gasteiger partial charge in [-0.2, -0.15) is 0 Å². The van der Waals surface area contributed by atoms with E-state index in [-0.39, 0.29) is 5.91 Å². The van der Waals surface area contributed by atoms with Gasteiger partial charge in [0, 0.05) is 11.4 Å². The van der Waals surface area contributed by atoms with Gasteiger partial charge in [-0.05, 0) is 38.1 Å². The molecule has 3 rings (SSSR count). The average molecular weight is 301 g/mol. The number of benzene rings is 1. The summed E-state index contributed by atoms with van der Waals surface area (Å²) in [5.74, 6) is 0.629. The second-order valence-electron chi connectivity index (χ2n) is 4.80. The maximum absolute atomic E-state index is 12.3. The van der Waals surface area contributed by atoms with E-state index in [1.807, 2.05) is 38.1 Å². The Balaban J connectivity index is 1.87. The number of hydrogen-bond acceptors (Lipinski definition) is 4. The number of fused-ring (bicyclic) bond motifs is 1. The molecule has 2 N–H and O–H groups in total. The lowest BCUT2D eigenvalue weighted by Gasteiger charge is -1.99. The Bertz CT molecular complexity index is 820. The van der Waals surface area contributed by atoms with Crippen LogP contribution in [0.5, 0.6) is 5.75 Å². The predicted octanol–water partition coefficient (Wildman–Crippen LogP) is 3.50. The topological polar surface area (TPSA) is 67.0 Å². The van der Waals surface area contributed by atoms with Gasteiger partial charge in [-0.1, -0.05) is 11.3 Å². The molecule has 0 unspecified atom stereocenters. The third-order valence-corrected chi connectivity index (χ3v) is 4.14. The van der Waals surface area contributed by atoms with Gasteiger partial charge in [0.1, 0.15) is 5.75 Å². The van der Waals surface area contributed by atoms with E-state index in [0.29, 0.717) is 10.7 Å². The third-order valence-electron chi connectivity index (χ3n) is 3.21. The highest BCUT2D eigenvalue weighted by atomic mass is 32.1. The van der Waals surface area contributed by atoms with Gasteiger partial charge < -0.3 is 9.72 Å². The van der Waals surface area contributed by atoms with E-state index in [1.54, 1.807) is 7.11 Å². The normalized spacial score (nSPS) is 10.8. The van der Waals surface area contributed by atoms with Crippen LogP contribution in [0.15, 0.2) is 24.3 Å². The van der Waals surface area contributed by atoms with Crippen LogP contribution in [0.25, 0.3) is 10.2 Å². The summed E-state index contributed by atoms with van der Waals surface area (Å²) in [6, 6.07) is 7.48. The molecule has 3 aromatic rings. The average Bonchev–Trinajstić information content (AvgIpc) is 2.99. The van der Waals surface area contributed by atoms with Gasteiger partial charge in [-0.3, -0.25) is 10.1 Å². The van der Waals surface area contributed by atoms with Crippen LogP contribution in [-0.2, 0) is 0 Å². The minimum absolute atomic E-state index is 0.150. The molecule has 0 aliphatic rings. The minimum Gasteiger partial charge on any atom is -0.497 e. The molecular weight excluding hydrogens is 286 g/mol. The number of thiazole rings is 1. The fraction of sp³-hybridized carbons (Fsp3) is 0.200. The molecule has 0 bridgehead atoms. The molecular formula is C15H15N3O2S. The molecule has 108 valence electrons. The molecule has 0 atom stereocenters. The Labute approximate surface area is 126 Å². The number of anilines is 1. The molecule has 0 saturated heterocycles. The Hall–Kier alpha value is -2.34. The second-order valence-corrected chi connectivity index (χ2v) is 5.83. The van der Waals surface area contributed by atoms with Crippen molar-refractivity contribution in [2.75, 3.05) is 12.4 Å². The fourth-order valence-electron chi connectivity index (χ4n) is 2.21. The summed E-state index contributed by atoms with van der Waals surface area (Å²) >= 11 is 1.43. The van der Waals surface area contributed by atoms with E-state index in [9.17, 15) is 4.79 Å². The van der Waals surface area contributed by atoms with Gasteiger partial charge in [0.15, 0.2) is 5.13 Å². The van der Waals surface area contributed by atoms with Crippen LogP contribution in [0.2, 0.25) is 0 Å². The standard InChI is InChI=1S/C15H15N3O2S/c1-8-6-11(9(2)16-8)14(19)18-15-17-12-5-4-10(20-3)7-13(12)21-15/h4-7,16H,1-3H3,(H,17,18,19). The van der Waals surface area contributed by atoms with Crippen LogP contribution in [0.4, 0.5) is 5.13 Å². The van der Waals surface area contributed by atoms with Crippen molar-refractivity contribution in [1.82, 2.24) is 9.97 Å². The van der Waals surface area contributed by atoms with Crippen LogP contribution >= 0.6 is 11.3 Å². The largest absolute Gasteiger partial charge is 0.497 e. The van der Waals surface area contributed by atoms with Crippen LogP contribution in [-0.4, -0.2) is 23.0 Å². The lowest BCUT2D eigenvalue weighted by molar-refractivity contribution is 0.102.